The largest absolute Gasteiger partial charge is 0.272 e. The average Bonchev–Trinajstić information content (AvgIpc) is 2.82. The Kier molecular flexibility index (Phi) is 2.79. The lowest BCUT2D eigenvalue weighted by atomic mass is 10.1. The van der Waals surface area contributed by atoms with E-state index in [9.17, 15) is 9.18 Å². The van der Waals surface area contributed by atoms with E-state index in [1.165, 1.54) is 11.1 Å². The smallest absolute Gasteiger partial charge is 0.254 e. The average molecular weight is 255 g/mol. The molecule has 19 heavy (non-hydrogen) atoms. The molecule has 0 spiro atoms. The molecule has 2 heterocycles. The van der Waals surface area contributed by atoms with Crippen molar-refractivity contribution in [1.29, 1.82) is 0 Å². The molecule has 1 aromatic heterocycles. The third-order valence-electron chi connectivity index (χ3n) is 2.83. The monoisotopic (exact) mass is 255 g/mol. The molecule has 2 aromatic rings. The fourth-order valence-electron chi connectivity index (χ4n) is 1.93. The van der Waals surface area contributed by atoms with Crippen LogP contribution in [0.25, 0.3) is 0 Å². The zero-order chi connectivity index (χ0) is 13.2. The topological polar surface area (TPSA) is 45.6 Å². The van der Waals surface area contributed by atoms with E-state index < -0.39 is 0 Å². The van der Waals surface area contributed by atoms with E-state index in [-0.39, 0.29) is 18.1 Å². The quantitative estimate of drug-likeness (QED) is 0.827. The van der Waals surface area contributed by atoms with Crippen LogP contribution in [0.4, 0.5) is 10.2 Å². The number of anilines is 1. The molecule has 0 saturated heterocycles. The van der Waals surface area contributed by atoms with Crippen molar-refractivity contribution in [2.24, 2.45) is 5.10 Å². The zero-order valence-corrected chi connectivity index (χ0v) is 9.95. The lowest BCUT2D eigenvalue weighted by Gasteiger charge is -2.08. The fourth-order valence-corrected chi connectivity index (χ4v) is 1.93. The third kappa shape index (κ3) is 2.10. The molecule has 4 nitrogen and oxygen atoms in total. The first kappa shape index (κ1) is 11.5. The van der Waals surface area contributed by atoms with Gasteiger partial charge in [-0.15, -0.1) is 0 Å². The van der Waals surface area contributed by atoms with Gasteiger partial charge in [0.15, 0.2) is 5.82 Å². The van der Waals surface area contributed by atoms with E-state index in [4.69, 9.17) is 0 Å². The molecule has 3 rings (SSSR count). The molecule has 5 heteroatoms. The molecule has 0 aliphatic carbocycles. The highest BCUT2D eigenvalue weighted by Crippen LogP contribution is 2.21. The van der Waals surface area contributed by atoms with Crippen LogP contribution in [0, 0.1) is 5.82 Å². The lowest BCUT2D eigenvalue weighted by Crippen LogP contribution is -2.20. The summed E-state index contributed by atoms with van der Waals surface area (Å²) in [6, 6.07) is 11.5. The first-order chi connectivity index (χ1) is 9.25. The van der Waals surface area contributed by atoms with Crippen molar-refractivity contribution in [2.75, 3.05) is 5.01 Å². The van der Waals surface area contributed by atoms with E-state index in [0.717, 1.165) is 0 Å². The Bertz CT molecular complexity index is 655. The number of pyridine rings is 1. The molecule has 1 aromatic carbocycles. The van der Waals surface area contributed by atoms with Crippen molar-refractivity contribution >= 4 is 17.4 Å². The number of rotatable bonds is 2. The van der Waals surface area contributed by atoms with Gasteiger partial charge in [0, 0.05) is 11.8 Å². The van der Waals surface area contributed by atoms with Crippen molar-refractivity contribution in [3.05, 3.63) is 60.0 Å². The first-order valence-electron chi connectivity index (χ1n) is 5.82. The van der Waals surface area contributed by atoms with Gasteiger partial charge in [-0.1, -0.05) is 24.3 Å². The minimum absolute atomic E-state index is 0.0809. The number of carbonyl (C=O) groups is 1. The number of hydrogen-bond acceptors (Lipinski definition) is 3. The number of benzene rings is 1. The maximum atomic E-state index is 13.7. The number of nitrogens with zero attached hydrogens (tertiary/aromatic N) is 3. The summed E-state index contributed by atoms with van der Waals surface area (Å²) in [6.45, 7) is 0. The summed E-state index contributed by atoms with van der Waals surface area (Å²) < 4.78 is 13.7. The number of hydrazone groups is 1. The minimum atomic E-state index is -0.378. The molecule has 1 aliphatic heterocycles. The second kappa shape index (κ2) is 4.61. The standard InChI is InChI=1S/C14H10FN3O/c15-11-6-2-1-5-10(11)12-9-14(19)18(17-12)13-7-3-4-8-16-13/h1-8H,9H2. The molecule has 0 fully saturated rings. The van der Waals surface area contributed by atoms with E-state index in [0.29, 0.717) is 17.1 Å². The van der Waals surface area contributed by atoms with Gasteiger partial charge in [-0.3, -0.25) is 4.79 Å². The fraction of sp³-hybridized carbons (Fsp3) is 0.0714. The van der Waals surface area contributed by atoms with Crippen molar-refractivity contribution in [3.63, 3.8) is 0 Å². The maximum absolute atomic E-state index is 13.7. The summed E-state index contributed by atoms with van der Waals surface area (Å²) in [6.07, 6.45) is 1.66. The van der Waals surface area contributed by atoms with Crippen molar-refractivity contribution < 1.29 is 9.18 Å². The Morgan fingerprint density at radius 3 is 2.63 bits per heavy atom. The molecule has 0 bridgehead atoms. The molecule has 0 N–H and O–H groups in total. The van der Waals surface area contributed by atoms with Crippen LogP contribution >= 0.6 is 0 Å². The lowest BCUT2D eigenvalue weighted by molar-refractivity contribution is -0.116. The van der Waals surface area contributed by atoms with E-state index >= 15 is 0 Å². The molecule has 94 valence electrons. The summed E-state index contributed by atoms with van der Waals surface area (Å²) in [5, 5.41) is 5.38. The van der Waals surface area contributed by atoms with Gasteiger partial charge in [-0.25, -0.2) is 9.37 Å². The zero-order valence-electron chi connectivity index (χ0n) is 9.95. The van der Waals surface area contributed by atoms with Crippen LogP contribution in [0.5, 0.6) is 0 Å². The second-order valence-electron chi connectivity index (χ2n) is 4.10. The summed E-state index contributed by atoms with van der Waals surface area (Å²) >= 11 is 0. The SMILES string of the molecule is O=C1CC(c2ccccc2F)=NN1c1ccccn1. The molecule has 1 aliphatic rings. The maximum Gasteiger partial charge on any atom is 0.254 e. The number of halogens is 1. The van der Waals surface area contributed by atoms with E-state index in [2.05, 4.69) is 10.1 Å². The van der Waals surface area contributed by atoms with Crippen LogP contribution in [0.2, 0.25) is 0 Å². The van der Waals surface area contributed by atoms with Crippen LogP contribution in [0.1, 0.15) is 12.0 Å². The van der Waals surface area contributed by atoms with Gasteiger partial charge in [0.25, 0.3) is 5.91 Å². The number of amides is 1. The Hall–Kier alpha value is -2.56. The molecule has 0 unspecified atom stereocenters. The summed E-state index contributed by atoms with van der Waals surface area (Å²) in [4.78, 5) is 16.0. The van der Waals surface area contributed by atoms with Gasteiger partial charge in [0.2, 0.25) is 0 Å². The third-order valence-corrected chi connectivity index (χ3v) is 2.83. The molecule has 1 amide bonds. The number of hydrogen-bond donors (Lipinski definition) is 0. The molecular weight excluding hydrogens is 245 g/mol. The molecular formula is C14H10FN3O. The van der Waals surface area contributed by atoms with Crippen LogP contribution in [0.3, 0.4) is 0 Å². The highest BCUT2D eigenvalue weighted by Gasteiger charge is 2.27. The van der Waals surface area contributed by atoms with Crippen molar-refractivity contribution in [3.8, 4) is 0 Å². The molecule has 0 atom stereocenters. The summed E-state index contributed by atoms with van der Waals surface area (Å²) in [7, 11) is 0. The Balaban J connectivity index is 1.99. The van der Waals surface area contributed by atoms with E-state index in [1.807, 2.05) is 0 Å². The van der Waals surface area contributed by atoms with Gasteiger partial charge in [-0.2, -0.15) is 10.1 Å². The van der Waals surface area contributed by atoms with Crippen molar-refractivity contribution in [2.45, 2.75) is 6.42 Å². The predicted molar refractivity (Wildman–Crippen MR) is 69.3 cm³/mol. The summed E-state index contributed by atoms with van der Waals surface area (Å²) in [5.41, 5.74) is 0.781. The summed E-state index contributed by atoms with van der Waals surface area (Å²) in [5.74, 6) is -0.146. The highest BCUT2D eigenvalue weighted by atomic mass is 19.1. The Morgan fingerprint density at radius 2 is 1.89 bits per heavy atom. The van der Waals surface area contributed by atoms with E-state index in [1.54, 1.807) is 42.6 Å². The Labute approximate surface area is 109 Å². The van der Waals surface area contributed by atoms with Crippen LogP contribution in [-0.2, 0) is 4.79 Å². The van der Waals surface area contributed by atoms with Crippen molar-refractivity contribution in [1.82, 2.24) is 4.98 Å². The van der Waals surface area contributed by atoms with Crippen LogP contribution in [-0.4, -0.2) is 16.6 Å². The van der Waals surface area contributed by atoms with Gasteiger partial charge in [0.1, 0.15) is 5.82 Å². The second-order valence-corrected chi connectivity index (χ2v) is 4.10. The molecule has 0 saturated carbocycles. The minimum Gasteiger partial charge on any atom is -0.272 e. The van der Waals surface area contributed by atoms with Crippen LogP contribution in [0.15, 0.2) is 53.8 Å². The molecule has 0 radical (unpaired) electrons. The van der Waals surface area contributed by atoms with Gasteiger partial charge < -0.3 is 0 Å². The first-order valence-corrected chi connectivity index (χ1v) is 5.82. The van der Waals surface area contributed by atoms with Gasteiger partial charge >= 0.3 is 0 Å². The highest BCUT2D eigenvalue weighted by molar-refractivity contribution is 6.19. The predicted octanol–water partition coefficient (Wildman–Crippen LogP) is 2.36. The normalized spacial score (nSPS) is 14.7. The van der Waals surface area contributed by atoms with Gasteiger partial charge in [-0.05, 0) is 18.2 Å². The number of carbonyl (C=O) groups excluding carboxylic acids is 1. The van der Waals surface area contributed by atoms with Gasteiger partial charge in [0.05, 0.1) is 12.1 Å². The Morgan fingerprint density at radius 1 is 1.11 bits per heavy atom. The van der Waals surface area contributed by atoms with Crippen LogP contribution < -0.4 is 5.01 Å². The number of aromatic nitrogens is 1.